The predicted octanol–water partition coefficient (Wildman–Crippen LogP) is 1.95. The van der Waals surface area contributed by atoms with Gasteiger partial charge in [-0.05, 0) is 24.0 Å². The molecular formula is C16H21NO4. The number of nitrogens with one attached hydrogen (secondary N) is 1. The monoisotopic (exact) mass is 291 g/mol. The minimum Gasteiger partial charge on any atom is -0.481 e. The van der Waals surface area contributed by atoms with Crippen LogP contribution in [-0.2, 0) is 27.5 Å². The fourth-order valence-corrected chi connectivity index (χ4v) is 2.27. The minimum atomic E-state index is -0.886. The van der Waals surface area contributed by atoms with Gasteiger partial charge in [0.25, 0.3) is 0 Å². The van der Waals surface area contributed by atoms with Crippen LogP contribution in [0.2, 0.25) is 0 Å². The van der Waals surface area contributed by atoms with Crippen LogP contribution in [0.1, 0.15) is 30.9 Å². The molecule has 0 aliphatic heterocycles. The van der Waals surface area contributed by atoms with Crippen LogP contribution in [0, 0.1) is 11.8 Å². The molecule has 0 heterocycles. The Morgan fingerprint density at radius 3 is 2.62 bits per heavy atom. The summed E-state index contributed by atoms with van der Waals surface area (Å²) in [5.41, 5.74) is 2.06. The van der Waals surface area contributed by atoms with E-state index in [1.54, 1.807) is 0 Å². The highest BCUT2D eigenvalue weighted by molar-refractivity contribution is 5.89. The minimum absolute atomic E-state index is 0.174. The van der Waals surface area contributed by atoms with Gasteiger partial charge in [-0.2, -0.15) is 0 Å². The molecule has 2 atom stereocenters. The fourth-order valence-electron chi connectivity index (χ4n) is 2.27. The van der Waals surface area contributed by atoms with Crippen LogP contribution in [0.15, 0.2) is 24.3 Å². The van der Waals surface area contributed by atoms with E-state index in [4.69, 9.17) is 9.84 Å². The summed E-state index contributed by atoms with van der Waals surface area (Å²) in [6.45, 7) is 3.71. The van der Waals surface area contributed by atoms with Crippen molar-refractivity contribution in [3.05, 3.63) is 35.4 Å². The molecule has 21 heavy (non-hydrogen) atoms. The van der Waals surface area contributed by atoms with Crippen molar-refractivity contribution in [1.82, 2.24) is 5.32 Å². The Bertz CT molecular complexity index is 515. The summed E-state index contributed by atoms with van der Waals surface area (Å²) in [4.78, 5) is 22.6. The van der Waals surface area contributed by atoms with E-state index in [2.05, 4.69) is 12.2 Å². The van der Waals surface area contributed by atoms with Crippen molar-refractivity contribution in [2.45, 2.75) is 32.9 Å². The predicted molar refractivity (Wildman–Crippen MR) is 77.5 cm³/mol. The maximum atomic E-state index is 11.9. The molecule has 0 saturated heterocycles. The molecule has 2 N–H and O–H groups in total. The normalized spacial score (nSPS) is 20.0. The van der Waals surface area contributed by atoms with Gasteiger partial charge in [0.15, 0.2) is 0 Å². The molecule has 1 amide bonds. The van der Waals surface area contributed by atoms with Gasteiger partial charge in [0.05, 0.1) is 18.4 Å². The van der Waals surface area contributed by atoms with E-state index in [-0.39, 0.29) is 11.8 Å². The summed E-state index contributed by atoms with van der Waals surface area (Å²) in [6.07, 6.45) is 1.42. The van der Waals surface area contributed by atoms with Crippen molar-refractivity contribution < 1.29 is 19.4 Å². The Morgan fingerprint density at radius 2 is 2.00 bits per heavy atom. The summed E-state index contributed by atoms with van der Waals surface area (Å²) in [6, 6.07) is 7.79. The molecule has 1 aromatic carbocycles. The Morgan fingerprint density at radius 1 is 1.29 bits per heavy atom. The highest BCUT2D eigenvalue weighted by atomic mass is 16.5. The number of hydrogen-bond acceptors (Lipinski definition) is 3. The lowest BCUT2D eigenvalue weighted by molar-refractivity contribution is -0.140. The lowest BCUT2D eigenvalue weighted by Crippen LogP contribution is -2.26. The standard InChI is InChI=1S/C16H21NO4/c1-2-7-21-10-12-6-4-3-5-11(12)9-17-15(18)13-8-14(13)16(19)20/h3-6,13-14H,2,7-10H2,1H3,(H,17,18)(H,19,20)/t13-,14+/m0/s1. The first-order valence-electron chi connectivity index (χ1n) is 7.28. The van der Waals surface area contributed by atoms with Crippen LogP contribution in [-0.4, -0.2) is 23.6 Å². The van der Waals surface area contributed by atoms with Crippen molar-refractivity contribution in [3.63, 3.8) is 0 Å². The maximum absolute atomic E-state index is 11.9. The average Bonchev–Trinajstić information content (AvgIpc) is 3.27. The number of amides is 1. The van der Waals surface area contributed by atoms with E-state index < -0.39 is 11.9 Å². The van der Waals surface area contributed by atoms with Crippen molar-refractivity contribution >= 4 is 11.9 Å². The molecule has 2 rings (SSSR count). The molecule has 0 spiro atoms. The molecule has 5 heteroatoms. The zero-order chi connectivity index (χ0) is 15.2. The molecule has 1 saturated carbocycles. The zero-order valence-electron chi connectivity index (χ0n) is 12.2. The number of carboxylic acids is 1. The lowest BCUT2D eigenvalue weighted by Gasteiger charge is -2.11. The van der Waals surface area contributed by atoms with E-state index >= 15 is 0 Å². The second-order valence-corrected chi connectivity index (χ2v) is 5.33. The van der Waals surface area contributed by atoms with Gasteiger partial charge < -0.3 is 15.2 Å². The van der Waals surface area contributed by atoms with Crippen LogP contribution in [0.4, 0.5) is 0 Å². The van der Waals surface area contributed by atoms with Crippen LogP contribution in [0.3, 0.4) is 0 Å². The average molecular weight is 291 g/mol. The number of rotatable bonds is 8. The molecule has 1 aliphatic rings. The van der Waals surface area contributed by atoms with Crippen LogP contribution in [0.5, 0.6) is 0 Å². The molecule has 1 aliphatic carbocycles. The van der Waals surface area contributed by atoms with Crippen LogP contribution >= 0.6 is 0 Å². The van der Waals surface area contributed by atoms with Gasteiger partial charge in [-0.3, -0.25) is 9.59 Å². The summed E-state index contributed by atoms with van der Waals surface area (Å²) in [5, 5.41) is 11.6. The Labute approximate surface area is 124 Å². The summed E-state index contributed by atoms with van der Waals surface area (Å²) in [7, 11) is 0. The van der Waals surface area contributed by atoms with E-state index in [0.29, 0.717) is 26.2 Å². The van der Waals surface area contributed by atoms with Crippen LogP contribution < -0.4 is 5.32 Å². The maximum Gasteiger partial charge on any atom is 0.307 e. The van der Waals surface area contributed by atoms with Crippen molar-refractivity contribution in [1.29, 1.82) is 0 Å². The number of ether oxygens (including phenoxy) is 1. The van der Waals surface area contributed by atoms with E-state index in [0.717, 1.165) is 17.5 Å². The van der Waals surface area contributed by atoms with Gasteiger partial charge in [-0.15, -0.1) is 0 Å². The number of carboxylic acid groups (broad SMARTS) is 1. The lowest BCUT2D eigenvalue weighted by atomic mass is 10.1. The molecule has 0 bridgehead atoms. The van der Waals surface area contributed by atoms with Crippen molar-refractivity contribution in [3.8, 4) is 0 Å². The number of hydrogen-bond donors (Lipinski definition) is 2. The Balaban J connectivity index is 1.85. The van der Waals surface area contributed by atoms with Gasteiger partial charge in [0.2, 0.25) is 5.91 Å². The van der Waals surface area contributed by atoms with Crippen molar-refractivity contribution in [2.24, 2.45) is 11.8 Å². The smallest absolute Gasteiger partial charge is 0.307 e. The van der Waals surface area contributed by atoms with Gasteiger partial charge in [-0.1, -0.05) is 31.2 Å². The topological polar surface area (TPSA) is 75.6 Å². The molecular weight excluding hydrogens is 270 g/mol. The SMILES string of the molecule is CCCOCc1ccccc1CNC(=O)[C@H]1C[C@H]1C(=O)O. The molecule has 0 radical (unpaired) electrons. The molecule has 114 valence electrons. The van der Waals surface area contributed by atoms with Gasteiger partial charge >= 0.3 is 5.97 Å². The third-order valence-corrected chi connectivity index (χ3v) is 3.62. The number of aliphatic carboxylic acids is 1. The third kappa shape index (κ3) is 4.29. The summed E-state index contributed by atoms with van der Waals surface area (Å²) in [5.74, 6) is -1.94. The summed E-state index contributed by atoms with van der Waals surface area (Å²) >= 11 is 0. The molecule has 1 aromatic rings. The summed E-state index contributed by atoms with van der Waals surface area (Å²) < 4.78 is 5.53. The second-order valence-electron chi connectivity index (χ2n) is 5.33. The molecule has 1 fully saturated rings. The Kier molecular flexibility index (Phi) is 5.33. The zero-order valence-corrected chi connectivity index (χ0v) is 12.2. The highest BCUT2D eigenvalue weighted by Gasteiger charge is 2.48. The van der Waals surface area contributed by atoms with Gasteiger partial charge in [0, 0.05) is 13.2 Å². The first-order chi connectivity index (χ1) is 10.1. The number of benzene rings is 1. The molecule has 5 nitrogen and oxygen atoms in total. The quantitative estimate of drug-likeness (QED) is 0.718. The first kappa shape index (κ1) is 15.5. The number of carbonyl (C=O) groups is 2. The van der Waals surface area contributed by atoms with Gasteiger partial charge in [0.1, 0.15) is 0 Å². The fraction of sp³-hybridized carbons (Fsp3) is 0.500. The van der Waals surface area contributed by atoms with Gasteiger partial charge in [-0.25, -0.2) is 0 Å². The molecule has 0 unspecified atom stereocenters. The van der Waals surface area contributed by atoms with E-state index in [1.807, 2.05) is 24.3 Å². The highest BCUT2D eigenvalue weighted by Crippen LogP contribution is 2.38. The Hall–Kier alpha value is -1.88. The number of carbonyl (C=O) groups excluding carboxylic acids is 1. The van der Waals surface area contributed by atoms with E-state index in [9.17, 15) is 9.59 Å². The largest absolute Gasteiger partial charge is 0.481 e. The van der Waals surface area contributed by atoms with Crippen LogP contribution in [0.25, 0.3) is 0 Å². The van der Waals surface area contributed by atoms with Crippen molar-refractivity contribution in [2.75, 3.05) is 6.61 Å². The first-order valence-corrected chi connectivity index (χ1v) is 7.28. The molecule has 0 aromatic heterocycles. The van der Waals surface area contributed by atoms with E-state index in [1.165, 1.54) is 0 Å². The third-order valence-electron chi connectivity index (χ3n) is 3.62. The second kappa shape index (κ2) is 7.22.